The van der Waals surface area contributed by atoms with Crippen molar-refractivity contribution in [1.82, 2.24) is 25.1 Å². The second-order valence-corrected chi connectivity index (χ2v) is 12.4. The van der Waals surface area contributed by atoms with Crippen LogP contribution in [0, 0.1) is 11.7 Å². The van der Waals surface area contributed by atoms with Crippen LogP contribution in [0.2, 0.25) is 5.15 Å². The molecule has 0 spiro atoms. The molecule has 44 heavy (non-hydrogen) atoms. The molecule has 0 radical (unpaired) electrons. The van der Waals surface area contributed by atoms with Crippen molar-refractivity contribution in [3.05, 3.63) is 64.5 Å². The molecule has 4 aromatic rings. The number of hydrogen-bond donors (Lipinski definition) is 3. The molecule has 2 saturated carbocycles. The number of aliphatic hydroxyl groups is 1. The summed E-state index contributed by atoms with van der Waals surface area (Å²) < 4.78 is 28.6. The van der Waals surface area contributed by atoms with Crippen molar-refractivity contribution >= 4 is 34.3 Å². The fraction of sp³-hybridized carbons (Fsp3) is 0.387. The maximum Gasteiger partial charge on any atom is 0.251 e. The summed E-state index contributed by atoms with van der Waals surface area (Å²) in [5, 5.41) is 20.1. The number of pyridine rings is 2. The lowest BCUT2D eigenvalue weighted by Crippen LogP contribution is -2.44. The SMILES string of the molecule is COc1cc(C(=O)NCC(O)(c2cc3c(c(-c4ccnc(Cl)c4F)n2)OC[C@]3(C)C(N)=O)C2CC2)cc2cn(C3CC3)nc12. The third-order valence-corrected chi connectivity index (χ3v) is 9.19. The number of methoxy groups -OCH3 is 1. The first-order valence-electron chi connectivity index (χ1n) is 14.4. The van der Waals surface area contributed by atoms with Crippen LogP contribution in [-0.2, 0) is 15.8 Å². The van der Waals surface area contributed by atoms with E-state index >= 15 is 4.39 Å². The molecule has 2 atom stereocenters. The molecule has 228 valence electrons. The monoisotopic (exact) mass is 620 g/mol. The maximum absolute atomic E-state index is 15.3. The van der Waals surface area contributed by atoms with Gasteiger partial charge in [-0.15, -0.1) is 0 Å². The first kappa shape index (κ1) is 28.5. The fourth-order valence-corrected chi connectivity index (χ4v) is 6.01. The second kappa shape index (κ2) is 10.1. The molecule has 0 bridgehead atoms. The van der Waals surface area contributed by atoms with Crippen molar-refractivity contribution in [3.8, 4) is 22.8 Å². The predicted octanol–water partition coefficient (Wildman–Crippen LogP) is 3.79. The number of hydrogen-bond acceptors (Lipinski definition) is 8. The first-order valence-corrected chi connectivity index (χ1v) is 14.8. The lowest BCUT2D eigenvalue weighted by Gasteiger charge is -2.30. The van der Waals surface area contributed by atoms with Gasteiger partial charge in [0.2, 0.25) is 5.91 Å². The molecule has 3 aliphatic rings. The number of primary amides is 1. The molecule has 11 nitrogen and oxygen atoms in total. The number of halogens is 2. The third-order valence-electron chi connectivity index (χ3n) is 8.93. The Morgan fingerprint density at radius 2 is 2.07 bits per heavy atom. The Morgan fingerprint density at radius 3 is 2.75 bits per heavy atom. The third kappa shape index (κ3) is 4.55. The van der Waals surface area contributed by atoms with Gasteiger partial charge in [-0.2, -0.15) is 5.10 Å². The van der Waals surface area contributed by atoms with Gasteiger partial charge in [-0.3, -0.25) is 14.3 Å². The minimum absolute atomic E-state index is 0.00820. The molecule has 0 saturated heterocycles. The van der Waals surface area contributed by atoms with Crippen LogP contribution >= 0.6 is 11.6 Å². The summed E-state index contributed by atoms with van der Waals surface area (Å²) in [7, 11) is 1.53. The zero-order chi connectivity index (χ0) is 31.0. The molecule has 2 aliphatic carbocycles. The van der Waals surface area contributed by atoms with Gasteiger partial charge in [0.1, 0.15) is 40.3 Å². The number of nitrogens with two attached hydrogens (primary N) is 1. The molecule has 4 N–H and O–H groups in total. The molecule has 1 unspecified atom stereocenters. The van der Waals surface area contributed by atoms with Gasteiger partial charge in [-0.1, -0.05) is 11.6 Å². The maximum atomic E-state index is 15.3. The van der Waals surface area contributed by atoms with E-state index in [-0.39, 0.29) is 46.9 Å². The average molecular weight is 621 g/mol. The Morgan fingerprint density at radius 1 is 1.30 bits per heavy atom. The second-order valence-electron chi connectivity index (χ2n) is 12.0. The van der Waals surface area contributed by atoms with E-state index < -0.39 is 28.6 Å². The standard InChI is InChI=1S/C31H30ClFN6O5/c1-30(29(34)41)14-44-26-20(30)11-22(37-25(26)19-7-8-35-27(32)23(19)33)31(42,17-3-4-17)13-36-28(40)15-9-16-12-39(18-5-6-18)38-24(16)21(10-15)43-2/h7-12,17-18,42H,3-6,13-14H2,1-2H3,(H2,34,41)(H,36,40)/t30-,31?/m0/s1. The van der Waals surface area contributed by atoms with Gasteiger partial charge in [0.05, 0.1) is 25.4 Å². The van der Waals surface area contributed by atoms with E-state index in [1.165, 1.54) is 19.4 Å². The lowest BCUT2D eigenvalue weighted by atomic mass is 9.81. The van der Waals surface area contributed by atoms with E-state index in [2.05, 4.69) is 20.4 Å². The highest BCUT2D eigenvalue weighted by atomic mass is 35.5. The van der Waals surface area contributed by atoms with Gasteiger partial charge >= 0.3 is 0 Å². The molecule has 4 heterocycles. The largest absolute Gasteiger partial charge is 0.494 e. The fourth-order valence-electron chi connectivity index (χ4n) is 5.85. The molecule has 2 amide bonds. The smallest absolute Gasteiger partial charge is 0.251 e. The van der Waals surface area contributed by atoms with Gasteiger partial charge in [0.15, 0.2) is 11.0 Å². The predicted molar refractivity (Wildman–Crippen MR) is 158 cm³/mol. The number of nitrogens with one attached hydrogen (secondary N) is 1. The van der Waals surface area contributed by atoms with Crippen LogP contribution in [-0.4, -0.2) is 56.9 Å². The minimum atomic E-state index is -1.65. The van der Waals surface area contributed by atoms with Crippen LogP contribution in [0.1, 0.15) is 60.3 Å². The number of fused-ring (bicyclic) bond motifs is 2. The van der Waals surface area contributed by atoms with Gasteiger partial charge in [0, 0.05) is 34.5 Å². The topological polar surface area (TPSA) is 154 Å². The Balaban J connectivity index is 1.27. The van der Waals surface area contributed by atoms with E-state index in [1.54, 1.807) is 25.1 Å². The number of amides is 2. The van der Waals surface area contributed by atoms with Gasteiger partial charge in [0.25, 0.3) is 5.91 Å². The van der Waals surface area contributed by atoms with E-state index in [1.807, 2.05) is 10.9 Å². The van der Waals surface area contributed by atoms with Crippen LogP contribution < -0.4 is 20.5 Å². The lowest BCUT2D eigenvalue weighted by molar-refractivity contribution is -0.123. The summed E-state index contributed by atoms with van der Waals surface area (Å²) in [6.07, 6.45) is 6.72. The van der Waals surface area contributed by atoms with Crippen molar-refractivity contribution in [3.63, 3.8) is 0 Å². The number of ether oxygens (including phenoxy) is 2. The van der Waals surface area contributed by atoms with Crippen molar-refractivity contribution < 1.29 is 28.6 Å². The molecule has 3 aromatic heterocycles. The molecule has 7 rings (SSSR count). The summed E-state index contributed by atoms with van der Waals surface area (Å²) >= 11 is 5.99. The summed E-state index contributed by atoms with van der Waals surface area (Å²) in [6, 6.07) is 6.69. The van der Waals surface area contributed by atoms with Crippen LogP contribution in [0.4, 0.5) is 4.39 Å². The summed E-state index contributed by atoms with van der Waals surface area (Å²) in [6.45, 7) is 1.34. The Bertz CT molecular complexity index is 1860. The van der Waals surface area contributed by atoms with Gasteiger partial charge in [-0.05, 0) is 62.8 Å². The zero-order valence-electron chi connectivity index (χ0n) is 24.1. The number of rotatable bonds is 9. The van der Waals surface area contributed by atoms with Gasteiger partial charge in [-0.25, -0.2) is 14.4 Å². The number of aromatic nitrogens is 4. The van der Waals surface area contributed by atoms with Crippen molar-refractivity contribution in [1.29, 1.82) is 0 Å². The van der Waals surface area contributed by atoms with E-state index in [9.17, 15) is 14.7 Å². The molecular formula is C31H30ClFN6O5. The normalized spacial score (nSPS) is 20.6. The van der Waals surface area contributed by atoms with Crippen molar-refractivity contribution in [2.45, 2.75) is 49.7 Å². The summed E-state index contributed by atoms with van der Waals surface area (Å²) in [5.41, 5.74) is 4.44. The van der Waals surface area contributed by atoms with Crippen LogP contribution in [0.15, 0.2) is 36.7 Å². The van der Waals surface area contributed by atoms with Crippen LogP contribution in [0.5, 0.6) is 11.5 Å². The molecule has 13 heteroatoms. The highest BCUT2D eigenvalue weighted by molar-refractivity contribution is 6.29. The first-order chi connectivity index (χ1) is 21.0. The number of nitrogens with zero attached hydrogens (tertiary/aromatic N) is 4. The van der Waals surface area contributed by atoms with E-state index in [0.29, 0.717) is 41.3 Å². The molecule has 1 aromatic carbocycles. The van der Waals surface area contributed by atoms with Crippen LogP contribution in [0.25, 0.3) is 22.2 Å². The van der Waals surface area contributed by atoms with Crippen molar-refractivity contribution in [2.24, 2.45) is 11.7 Å². The number of carbonyl (C=O) groups excluding carboxylic acids is 2. The summed E-state index contributed by atoms with van der Waals surface area (Å²) in [5.74, 6) is -1.51. The Hall–Kier alpha value is -4.29. The minimum Gasteiger partial charge on any atom is -0.494 e. The molecular weight excluding hydrogens is 591 g/mol. The van der Waals surface area contributed by atoms with Gasteiger partial charge < -0.3 is 25.6 Å². The van der Waals surface area contributed by atoms with E-state index in [0.717, 1.165) is 18.2 Å². The number of carbonyl (C=O) groups is 2. The average Bonchev–Trinajstić information content (AvgIpc) is 3.96. The van der Waals surface area contributed by atoms with E-state index in [4.69, 9.17) is 26.8 Å². The van der Waals surface area contributed by atoms with Crippen molar-refractivity contribution in [2.75, 3.05) is 20.3 Å². The molecule has 1 aliphatic heterocycles. The Labute approximate surface area is 256 Å². The Kier molecular flexibility index (Phi) is 6.56. The van der Waals surface area contributed by atoms with Crippen LogP contribution in [0.3, 0.4) is 0 Å². The summed E-state index contributed by atoms with van der Waals surface area (Å²) in [4.78, 5) is 34.6. The zero-order valence-corrected chi connectivity index (χ0v) is 24.8. The highest BCUT2D eigenvalue weighted by Crippen LogP contribution is 2.50. The highest BCUT2D eigenvalue weighted by Gasteiger charge is 2.50. The molecule has 2 fully saturated rings. The number of benzene rings is 1. The quantitative estimate of drug-likeness (QED) is 0.239.